The molecule has 1 atom stereocenters. The lowest BCUT2D eigenvalue weighted by molar-refractivity contribution is -0.137. The van der Waals surface area contributed by atoms with Crippen LogP contribution in [0.4, 0.5) is 13.2 Å². The quantitative estimate of drug-likeness (QED) is 0.589. The van der Waals surface area contributed by atoms with E-state index in [9.17, 15) is 23.2 Å². The molecule has 27 heavy (non-hydrogen) atoms. The number of ketones is 1. The Morgan fingerprint density at radius 1 is 1.15 bits per heavy atom. The highest BCUT2D eigenvalue weighted by Crippen LogP contribution is 2.35. The number of halogens is 3. The second-order valence-corrected chi connectivity index (χ2v) is 6.17. The molecular formula is C21H15F3N2O. The summed E-state index contributed by atoms with van der Waals surface area (Å²) in [5, 5.41) is 10.3. The van der Waals surface area contributed by atoms with E-state index < -0.39 is 17.8 Å². The Bertz CT molecular complexity index is 1070. The van der Waals surface area contributed by atoms with E-state index in [0.717, 1.165) is 17.5 Å². The van der Waals surface area contributed by atoms with E-state index in [1.807, 2.05) is 12.1 Å². The second-order valence-electron chi connectivity index (χ2n) is 6.17. The molecule has 0 bridgehead atoms. The van der Waals surface area contributed by atoms with Crippen molar-refractivity contribution < 1.29 is 18.0 Å². The van der Waals surface area contributed by atoms with Gasteiger partial charge in [0.2, 0.25) is 0 Å². The predicted molar refractivity (Wildman–Crippen MR) is 96.1 cm³/mol. The third-order valence-corrected chi connectivity index (χ3v) is 4.46. The SMILES string of the molecule is C=C(C(C)=O)C(c1ccc(C(F)(F)F)cc1)n1c(C#N)cc2ccccc21. The summed E-state index contributed by atoms with van der Waals surface area (Å²) in [6.07, 6.45) is -4.45. The van der Waals surface area contributed by atoms with Crippen molar-refractivity contribution in [2.45, 2.75) is 19.1 Å². The molecule has 136 valence electrons. The largest absolute Gasteiger partial charge is 0.416 e. The van der Waals surface area contributed by atoms with Crippen LogP contribution in [0.25, 0.3) is 10.9 Å². The Morgan fingerprint density at radius 3 is 2.33 bits per heavy atom. The van der Waals surface area contributed by atoms with Crippen molar-refractivity contribution in [2.24, 2.45) is 0 Å². The average Bonchev–Trinajstić information content (AvgIpc) is 3.00. The fraction of sp³-hybridized carbons (Fsp3) is 0.143. The van der Waals surface area contributed by atoms with Gasteiger partial charge in [-0.15, -0.1) is 0 Å². The van der Waals surface area contributed by atoms with Crippen LogP contribution in [-0.2, 0) is 11.0 Å². The van der Waals surface area contributed by atoms with Crippen LogP contribution in [0.15, 0.2) is 66.7 Å². The van der Waals surface area contributed by atoms with Gasteiger partial charge >= 0.3 is 6.18 Å². The number of fused-ring (bicyclic) bond motifs is 1. The molecule has 0 aliphatic carbocycles. The number of para-hydroxylation sites is 1. The van der Waals surface area contributed by atoms with E-state index in [1.165, 1.54) is 19.1 Å². The van der Waals surface area contributed by atoms with Crippen LogP contribution in [0.3, 0.4) is 0 Å². The molecule has 0 amide bonds. The van der Waals surface area contributed by atoms with Gasteiger partial charge in [0.05, 0.1) is 11.6 Å². The minimum absolute atomic E-state index is 0.188. The van der Waals surface area contributed by atoms with Crippen LogP contribution < -0.4 is 0 Å². The molecule has 0 N–H and O–H groups in total. The molecule has 2 aromatic carbocycles. The Morgan fingerprint density at radius 2 is 1.78 bits per heavy atom. The summed E-state index contributed by atoms with van der Waals surface area (Å²) in [7, 11) is 0. The molecule has 0 aliphatic rings. The lowest BCUT2D eigenvalue weighted by Gasteiger charge is -2.23. The van der Waals surface area contributed by atoms with Crippen molar-refractivity contribution in [1.29, 1.82) is 5.26 Å². The van der Waals surface area contributed by atoms with E-state index >= 15 is 0 Å². The van der Waals surface area contributed by atoms with Gasteiger partial charge in [-0.2, -0.15) is 18.4 Å². The van der Waals surface area contributed by atoms with Gasteiger partial charge in [-0.25, -0.2) is 0 Å². The number of aromatic nitrogens is 1. The number of hydrogen-bond donors (Lipinski definition) is 0. The third-order valence-electron chi connectivity index (χ3n) is 4.46. The highest BCUT2D eigenvalue weighted by molar-refractivity contribution is 5.95. The van der Waals surface area contributed by atoms with Gasteiger partial charge in [-0.1, -0.05) is 36.9 Å². The first-order valence-corrected chi connectivity index (χ1v) is 8.11. The maximum atomic E-state index is 12.9. The summed E-state index contributed by atoms with van der Waals surface area (Å²) in [6, 6.07) is 14.8. The zero-order valence-corrected chi connectivity index (χ0v) is 14.4. The maximum absolute atomic E-state index is 12.9. The van der Waals surface area contributed by atoms with Gasteiger partial charge in [0.15, 0.2) is 5.78 Å². The van der Waals surface area contributed by atoms with Crippen LogP contribution in [-0.4, -0.2) is 10.4 Å². The molecule has 3 aromatic rings. The van der Waals surface area contributed by atoms with Gasteiger partial charge in [0.1, 0.15) is 11.8 Å². The molecule has 0 fully saturated rings. The lowest BCUT2D eigenvalue weighted by Crippen LogP contribution is -2.18. The molecule has 3 nitrogen and oxygen atoms in total. The number of carbonyl (C=O) groups excluding carboxylic acids is 1. The Hall–Kier alpha value is -3.33. The number of nitriles is 1. The van der Waals surface area contributed by atoms with Crippen molar-refractivity contribution in [3.8, 4) is 6.07 Å². The van der Waals surface area contributed by atoms with E-state index in [2.05, 4.69) is 12.6 Å². The fourth-order valence-electron chi connectivity index (χ4n) is 3.09. The second kappa shape index (κ2) is 6.76. The Labute approximate surface area is 154 Å². The number of Topliss-reactive ketones (excluding diaryl/α,β-unsaturated/α-hetero) is 1. The number of carbonyl (C=O) groups is 1. The normalized spacial score (nSPS) is 12.6. The number of nitrogens with zero attached hydrogens (tertiary/aromatic N) is 2. The third kappa shape index (κ3) is 3.36. The van der Waals surface area contributed by atoms with Crippen molar-refractivity contribution in [3.63, 3.8) is 0 Å². The average molecular weight is 368 g/mol. The van der Waals surface area contributed by atoms with Crippen LogP contribution in [0.1, 0.15) is 29.8 Å². The van der Waals surface area contributed by atoms with Gasteiger partial charge in [-0.05, 0) is 36.8 Å². The summed E-state index contributed by atoms with van der Waals surface area (Å²) < 4.78 is 40.3. The smallest absolute Gasteiger partial charge is 0.320 e. The van der Waals surface area contributed by atoms with E-state index in [-0.39, 0.29) is 11.4 Å². The predicted octanol–water partition coefficient (Wildman–Crippen LogP) is 5.27. The van der Waals surface area contributed by atoms with E-state index in [0.29, 0.717) is 16.8 Å². The number of alkyl halides is 3. The van der Waals surface area contributed by atoms with Crippen molar-refractivity contribution in [3.05, 3.63) is 83.6 Å². The first-order chi connectivity index (χ1) is 12.7. The standard InChI is InChI=1S/C21H15F3N2O/c1-13(14(2)27)20(15-7-9-17(10-8-15)21(22,23)24)26-18(12-25)11-16-5-3-4-6-19(16)26/h3-11,20H,1H2,2H3. The molecular weight excluding hydrogens is 353 g/mol. The molecule has 0 aliphatic heterocycles. The van der Waals surface area contributed by atoms with E-state index in [1.54, 1.807) is 22.8 Å². The van der Waals surface area contributed by atoms with E-state index in [4.69, 9.17) is 0 Å². The summed E-state index contributed by atoms with van der Waals surface area (Å²) in [4.78, 5) is 12.0. The topological polar surface area (TPSA) is 45.8 Å². The molecule has 0 saturated heterocycles. The minimum atomic E-state index is -4.45. The van der Waals surface area contributed by atoms with Gasteiger partial charge in [0, 0.05) is 16.5 Å². The monoisotopic (exact) mass is 368 g/mol. The molecule has 0 spiro atoms. The number of benzene rings is 2. The highest BCUT2D eigenvalue weighted by Gasteiger charge is 2.31. The maximum Gasteiger partial charge on any atom is 0.416 e. The minimum Gasteiger partial charge on any atom is -0.320 e. The first kappa shape index (κ1) is 18.5. The fourth-order valence-corrected chi connectivity index (χ4v) is 3.09. The summed E-state index contributed by atoms with van der Waals surface area (Å²) >= 11 is 0. The zero-order chi connectivity index (χ0) is 19.8. The number of rotatable bonds is 4. The van der Waals surface area contributed by atoms with Crippen LogP contribution in [0.5, 0.6) is 0 Å². The highest BCUT2D eigenvalue weighted by atomic mass is 19.4. The van der Waals surface area contributed by atoms with Crippen molar-refractivity contribution in [1.82, 2.24) is 4.57 Å². The lowest BCUT2D eigenvalue weighted by atomic mass is 9.95. The summed E-state index contributed by atoms with van der Waals surface area (Å²) in [6.45, 7) is 5.18. The molecule has 0 radical (unpaired) electrons. The zero-order valence-electron chi connectivity index (χ0n) is 14.4. The molecule has 1 heterocycles. The van der Waals surface area contributed by atoms with Crippen molar-refractivity contribution >= 4 is 16.7 Å². The van der Waals surface area contributed by atoms with Crippen molar-refractivity contribution in [2.75, 3.05) is 0 Å². The molecule has 6 heteroatoms. The molecule has 1 aromatic heterocycles. The number of hydrogen-bond acceptors (Lipinski definition) is 2. The number of allylic oxidation sites excluding steroid dienone is 1. The van der Waals surface area contributed by atoms with Gasteiger partial charge in [-0.3, -0.25) is 4.79 Å². The Balaban J connectivity index is 2.24. The Kier molecular flexibility index (Phi) is 4.63. The summed E-state index contributed by atoms with van der Waals surface area (Å²) in [5.41, 5.74) is 0.842. The molecule has 3 rings (SSSR count). The van der Waals surface area contributed by atoms with Gasteiger partial charge < -0.3 is 4.57 Å². The molecule has 0 saturated carbocycles. The molecule has 1 unspecified atom stereocenters. The van der Waals surface area contributed by atoms with Crippen LogP contribution in [0.2, 0.25) is 0 Å². The van der Waals surface area contributed by atoms with Crippen LogP contribution in [0, 0.1) is 11.3 Å². The summed E-state index contributed by atoms with van der Waals surface area (Å²) in [5.74, 6) is -0.304. The van der Waals surface area contributed by atoms with Crippen LogP contribution >= 0.6 is 0 Å². The van der Waals surface area contributed by atoms with Gasteiger partial charge in [0.25, 0.3) is 0 Å². The first-order valence-electron chi connectivity index (χ1n) is 8.11.